The topological polar surface area (TPSA) is 58.4 Å². The Morgan fingerprint density at radius 1 is 1.22 bits per heavy atom. The molecule has 0 saturated carbocycles. The van der Waals surface area contributed by atoms with E-state index >= 15 is 0 Å². The van der Waals surface area contributed by atoms with Crippen molar-refractivity contribution in [3.63, 3.8) is 0 Å². The van der Waals surface area contributed by atoms with Crippen LogP contribution in [0.1, 0.15) is 30.4 Å². The van der Waals surface area contributed by atoms with Crippen molar-refractivity contribution in [3.8, 4) is 10.4 Å². The number of thiocarbonyl (C=S) groups is 1. The summed E-state index contributed by atoms with van der Waals surface area (Å²) in [6, 6.07) is 11.2. The fraction of sp³-hybridized carbons (Fsp3) is 0.250. The Morgan fingerprint density at radius 2 is 1.83 bits per heavy atom. The number of benzene rings is 1. The summed E-state index contributed by atoms with van der Waals surface area (Å²) in [4.78, 5) is 14.0. The molecule has 1 amide bonds. The highest BCUT2D eigenvalue weighted by molar-refractivity contribution is 7.80. The predicted octanol–water partition coefficient (Wildman–Crippen LogP) is 4.06. The number of hydrazine groups is 1. The number of thiophene rings is 1. The zero-order valence-corrected chi connectivity index (χ0v) is 15.5. The van der Waals surface area contributed by atoms with Crippen LogP contribution >= 0.6 is 35.2 Å². The van der Waals surface area contributed by atoms with Crippen LogP contribution in [0.3, 0.4) is 0 Å². The molecule has 0 spiro atoms. The number of amides is 1. The summed E-state index contributed by atoms with van der Waals surface area (Å²) < 4.78 is 0. The molecule has 0 unspecified atom stereocenters. The van der Waals surface area contributed by atoms with E-state index in [0.29, 0.717) is 9.90 Å². The Labute approximate surface area is 150 Å². The lowest BCUT2D eigenvalue weighted by Gasteiger charge is -2.35. The SMILES string of the molecule is CC(C)(C)N(NC(=O)c1ccc(-c2ccc(Cl)cc2)s1)C(N)=S. The van der Waals surface area contributed by atoms with Gasteiger partial charge < -0.3 is 5.73 Å². The zero-order chi connectivity index (χ0) is 17.2. The second kappa shape index (κ2) is 6.86. The minimum atomic E-state index is -0.405. The first kappa shape index (κ1) is 17.7. The van der Waals surface area contributed by atoms with E-state index in [1.807, 2.05) is 51.1 Å². The number of nitrogens with zero attached hydrogens (tertiary/aromatic N) is 1. The molecule has 0 aliphatic heterocycles. The van der Waals surface area contributed by atoms with Crippen LogP contribution in [0, 0.1) is 0 Å². The Kier molecular flexibility index (Phi) is 5.29. The highest BCUT2D eigenvalue weighted by atomic mass is 35.5. The van der Waals surface area contributed by atoms with Gasteiger partial charge in [-0.3, -0.25) is 15.2 Å². The second-order valence-electron chi connectivity index (χ2n) is 5.96. The summed E-state index contributed by atoms with van der Waals surface area (Å²) >= 11 is 12.3. The molecule has 0 atom stereocenters. The number of nitrogens with one attached hydrogen (secondary N) is 1. The molecule has 0 fully saturated rings. The highest BCUT2D eigenvalue weighted by Gasteiger charge is 2.25. The number of carbonyl (C=O) groups is 1. The van der Waals surface area contributed by atoms with Crippen molar-refractivity contribution >= 4 is 46.2 Å². The average Bonchev–Trinajstić information content (AvgIpc) is 2.93. The lowest BCUT2D eigenvalue weighted by molar-refractivity contribution is 0.0781. The number of carbonyl (C=O) groups excluding carboxylic acids is 1. The summed E-state index contributed by atoms with van der Waals surface area (Å²) in [6.07, 6.45) is 0. The minimum absolute atomic E-state index is 0.125. The van der Waals surface area contributed by atoms with Crippen molar-refractivity contribution < 1.29 is 4.79 Å². The quantitative estimate of drug-likeness (QED) is 0.620. The largest absolute Gasteiger partial charge is 0.375 e. The van der Waals surface area contributed by atoms with E-state index in [2.05, 4.69) is 5.43 Å². The molecule has 0 radical (unpaired) electrons. The molecule has 0 aliphatic carbocycles. The van der Waals surface area contributed by atoms with Crippen LogP contribution in [0.25, 0.3) is 10.4 Å². The smallest absolute Gasteiger partial charge is 0.279 e. The van der Waals surface area contributed by atoms with Gasteiger partial charge >= 0.3 is 0 Å². The van der Waals surface area contributed by atoms with Crippen molar-refractivity contribution in [1.29, 1.82) is 0 Å². The van der Waals surface area contributed by atoms with Gasteiger partial charge in [0.1, 0.15) is 0 Å². The van der Waals surface area contributed by atoms with Crippen LogP contribution in [0.2, 0.25) is 5.02 Å². The van der Waals surface area contributed by atoms with Gasteiger partial charge in [0, 0.05) is 9.90 Å². The first-order valence-electron chi connectivity index (χ1n) is 6.95. The average molecular weight is 368 g/mol. The summed E-state index contributed by atoms with van der Waals surface area (Å²) in [5.74, 6) is -0.238. The van der Waals surface area contributed by atoms with Gasteiger partial charge in [0.25, 0.3) is 5.91 Å². The summed E-state index contributed by atoms with van der Waals surface area (Å²) in [5, 5.41) is 2.30. The van der Waals surface area contributed by atoms with Crippen molar-refractivity contribution in [2.24, 2.45) is 5.73 Å². The third-order valence-corrected chi connectivity index (χ3v) is 4.63. The molecule has 122 valence electrons. The van der Waals surface area contributed by atoms with E-state index in [9.17, 15) is 4.79 Å². The molecule has 23 heavy (non-hydrogen) atoms. The number of halogens is 1. The van der Waals surface area contributed by atoms with Gasteiger partial charge in [-0.1, -0.05) is 23.7 Å². The number of nitrogens with two attached hydrogens (primary N) is 1. The van der Waals surface area contributed by atoms with Crippen molar-refractivity contribution in [2.45, 2.75) is 26.3 Å². The number of rotatable bonds is 2. The first-order valence-corrected chi connectivity index (χ1v) is 8.55. The molecule has 1 aromatic heterocycles. The molecule has 0 aliphatic rings. The fourth-order valence-corrected chi connectivity index (χ4v) is 3.29. The van der Waals surface area contributed by atoms with Crippen molar-refractivity contribution in [2.75, 3.05) is 0 Å². The molecule has 2 rings (SSSR count). The van der Waals surface area contributed by atoms with E-state index in [-0.39, 0.29) is 11.0 Å². The fourth-order valence-electron chi connectivity index (χ4n) is 1.94. The van der Waals surface area contributed by atoms with Crippen molar-refractivity contribution in [1.82, 2.24) is 10.4 Å². The van der Waals surface area contributed by atoms with Crippen LogP contribution < -0.4 is 11.2 Å². The third-order valence-electron chi connectivity index (χ3n) is 3.06. The maximum absolute atomic E-state index is 12.4. The van der Waals surface area contributed by atoms with Gasteiger partial charge in [0.05, 0.1) is 10.4 Å². The standard InChI is InChI=1S/C16H18ClN3OS2/c1-16(2,3)20(15(18)22)19-14(21)13-9-8-12(23-13)10-4-6-11(17)7-5-10/h4-9H,1-3H3,(H2,18,22)(H,19,21). The molecular formula is C16H18ClN3OS2. The third kappa shape index (κ3) is 4.43. The van der Waals surface area contributed by atoms with E-state index in [4.69, 9.17) is 29.6 Å². The van der Waals surface area contributed by atoms with Crippen LogP contribution in [-0.4, -0.2) is 21.6 Å². The van der Waals surface area contributed by atoms with Gasteiger partial charge in [-0.2, -0.15) is 0 Å². The van der Waals surface area contributed by atoms with E-state index in [1.165, 1.54) is 16.3 Å². The predicted molar refractivity (Wildman–Crippen MR) is 101 cm³/mol. The van der Waals surface area contributed by atoms with Crippen LogP contribution in [0.5, 0.6) is 0 Å². The Morgan fingerprint density at radius 3 is 2.35 bits per heavy atom. The molecule has 7 heteroatoms. The Balaban J connectivity index is 2.18. The van der Waals surface area contributed by atoms with Crippen LogP contribution in [0.15, 0.2) is 36.4 Å². The first-order chi connectivity index (χ1) is 10.7. The van der Waals surface area contributed by atoms with Gasteiger partial charge in [0.2, 0.25) is 0 Å². The number of hydrogen-bond donors (Lipinski definition) is 2. The van der Waals surface area contributed by atoms with Gasteiger partial charge in [-0.25, -0.2) is 0 Å². The molecular weight excluding hydrogens is 350 g/mol. The zero-order valence-electron chi connectivity index (χ0n) is 13.1. The molecule has 0 saturated heterocycles. The monoisotopic (exact) mass is 367 g/mol. The maximum Gasteiger partial charge on any atom is 0.279 e. The van der Waals surface area contributed by atoms with Crippen LogP contribution in [0.4, 0.5) is 0 Å². The molecule has 1 heterocycles. The van der Waals surface area contributed by atoms with Gasteiger partial charge in [0.15, 0.2) is 5.11 Å². The molecule has 0 bridgehead atoms. The van der Waals surface area contributed by atoms with Crippen molar-refractivity contribution in [3.05, 3.63) is 46.3 Å². The summed E-state index contributed by atoms with van der Waals surface area (Å²) in [5.41, 5.74) is 9.07. The summed E-state index contributed by atoms with van der Waals surface area (Å²) in [7, 11) is 0. The second-order valence-corrected chi connectivity index (χ2v) is 7.89. The Hall–Kier alpha value is -1.63. The lowest BCUT2D eigenvalue weighted by Crippen LogP contribution is -2.57. The molecule has 1 aromatic carbocycles. The number of hydrogen-bond acceptors (Lipinski definition) is 3. The molecule has 2 aromatic rings. The van der Waals surface area contributed by atoms with E-state index in [1.54, 1.807) is 6.07 Å². The minimum Gasteiger partial charge on any atom is -0.375 e. The highest BCUT2D eigenvalue weighted by Crippen LogP contribution is 2.29. The molecule has 4 nitrogen and oxygen atoms in total. The maximum atomic E-state index is 12.4. The molecule has 3 N–H and O–H groups in total. The van der Waals surface area contributed by atoms with Gasteiger partial charge in [-0.05, 0) is 62.8 Å². The van der Waals surface area contributed by atoms with E-state index < -0.39 is 5.54 Å². The lowest BCUT2D eigenvalue weighted by atomic mass is 10.1. The van der Waals surface area contributed by atoms with Gasteiger partial charge in [-0.15, -0.1) is 11.3 Å². The van der Waals surface area contributed by atoms with Crippen LogP contribution in [-0.2, 0) is 0 Å². The summed E-state index contributed by atoms with van der Waals surface area (Å²) in [6.45, 7) is 5.75. The normalized spacial score (nSPS) is 11.1. The Bertz CT molecular complexity index is 720. The van der Waals surface area contributed by atoms with E-state index in [0.717, 1.165) is 10.4 Å².